The highest BCUT2D eigenvalue weighted by Crippen LogP contribution is 2.24. The van der Waals surface area contributed by atoms with Crippen molar-refractivity contribution in [2.75, 3.05) is 6.61 Å². The molecule has 0 spiro atoms. The molecule has 0 heterocycles. The van der Waals surface area contributed by atoms with Crippen molar-refractivity contribution in [3.63, 3.8) is 0 Å². The molecular formula is C9H7BrFIO2. The van der Waals surface area contributed by atoms with Crippen LogP contribution in [0.5, 0.6) is 0 Å². The summed E-state index contributed by atoms with van der Waals surface area (Å²) in [6.45, 7) is 1.99. The maximum absolute atomic E-state index is 13.0. The molecule has 0 radical (unpaired) electrons. The number of hydrogen-bond acceptors (Lipinski definition) is 2. The molecule has 5 heteroatoms. The highest BCUT2D eigenvalue weighted by molar-refractivity contribution is 14.1. The van der Waals surface area contributed by atoms with E-state index in [4.69, 9.17) is 4.74 Å². The fraction of sp³-hybridized carbons (Fsp3) is 0.222. The number of carbonyl (C=O) groups is 1. The zero-order valence-corrected chi connectivity index (χ0v) is 11.1. The van der Waals surface area contributed by atoms with E-state index in [1.54, 1.807) is 6.92 Å². The summed E-state index contributed by atoms with van der Waals surface area (Å²) >= 11 is 5.12. The van der Waals surface area contributed by atoms with E-state index >= 15 is 0 Å². The van der Waals surface area contributed by atoms with Crippen molar-refractivity contribution in [1.82, 2.24) is 0 Å². The molecule has 0 saturated heterocycles. The van der Waals surface area contributed by atoms with Crippen molar-refractivity contribution < 1.29 is 13.9 Å². The van der Waals surface area contributed by atoms with Crippen molar-refractivity contribution >= 4 is 44.5 Å². The number of halogens is 3. The summed E-state index contributed by atoms with van der Waals surface area (Å²) in [7, 11) is 0. The predicted octanol–water partition coefficient (Wildman–Crippen LogP) is 3.37. The van der Waals surface area contributed by atoms with Crippen molar-refractivity contribution in [2.24, 2.45) is 0 Å². The largest absolute Gasteiger partial charge is 0.462 e. The Kier molecular flexibility index (Phi) is 4.31. The number of esters is 1. The van der Waals surface area contributed by atoms with E-state index in [9.17, 15) is 9.18 Å². The first-order valence-electron chi connectivity index (χ1n) is 3.88. The summed E-state index contributed by atoms with van der Waals surface area (Å²) in [5.74, 6) is -0.961. The van der Waals surface area contributed by atoms with E-state index in [2.05, 4.69) is 15.9 Å². The quantitative estimate of drug-likeness (QED) is 0.452. The lowest BCUT2D eigenvalue weighted by Gasteiger charge is -2.05. The van der Waals surface area contributed by atoms with Gasteiger partial charge in [0.25, 0.3) is 0 Å². The molecule has 0 aliphatic rings. The standard InChI is InChI=1S/C9H7BrFIO2/c1-2-14-9(13)6-3-5(11)4-7(10)8(6)12/h3-4H,2H2,1H3. The van der Waals surface area contributed by atoms with Crippen LogP contribution in [0.4, 0.5) is 4.39 Å². The van der Waals surface area contributed by atoms with Crippen molar-refractivity contribution in [3.8, 4) is 0 Å². The first kappa shape index (κ1) is 11.9. The van der Waals surface area contributed by atoms with Crippen LogP contribution in [0.3, 0.4) is 0 Å². The summed E-state index contributed by atoms with van der Waals surface area (Å²) in [6, 6.07) is 2.48. The van der Waals surface area contributed by atoms with E-state index in [-0.39, 0.29) is 12.2 Å². The second-order valence-corrected chi connectivity index (χ2v) is 4.40. The Balaban J connectivity index is 3.13. The van der Waals surface area contributed by atoms with Crippen molar-refractivity contribution in [1.29, 1.82) is 0 Å². The maximum Gasteiger partial charge on any atom is 0.339 e. The number of rotatable bonds is 2. The zero-order valence-electron chi connectivity index (χ0n) is 7.31. The smallest absolute Gasteiger partial charge is 0.339 e. The van der Waals surface area contributed by atoms with E-state index in [0.717, 1.165) is 0 Å². The van der Waals surface area contributed by atoms with Gasteiger partial charge in [0, 0.05) is 8.04 Å². The number of benzene rings is 1. The minimum atomic E-state index is -0.503. The van der Waals surface area contributed by atoms with Crippen LogP contribution in [-0.2, 0) is 4.74 Å². The fourth-order valence-electron chi connectivity index (χ4n) is 0.913. The molecule has 1 aromatic rings. The number of hydrogen-bond donors (Lipinski definition) is 0. The Hall–Kier alpha value is -0.170. The van der Waals surface area contributed by atoms with Gasteiger partial charge in [0.2, 0.25) is 0 Å². The summed E-state index contributed by atoms with van der Waals surface area (Å²) in [5.41, 5.74) is 0.249. The van der Waals surface area contributed by atoms with Gasteiger partial charge >= 0.3 is 5.97 Å². The molecule has 14 heavy (non-hydrogen) atoms. The summed E-state index contributed by atoms with van der Waals surface area (Å²) in [4.78, 5) is 11.4. The van der Waals surface area contributed by atoms with Crippen LogP contribution < -0.4 is 0 Å². The second-order valence-electron chi connectivity index (χ2n) is 2.47. The topological polar surface area (TPSA) is 26.3 Å². The van der Waals surface area contributed by atoms with Gasteiger partial charge in [-0.25, -0.2) is 9.18 Å². The molecule has 0 aliphatic heterocycles. The highest BCUT2D eigenvalue weighted by Gasteiger charge is 2.14. The van der Waals surface area contributed by atoms with E-state index in [1.807, 2.05) is 22.6 Å². The van der Waals surface area contributed by atoms with Crippen LogP contribution >= 0.6 is 38.5 Å². The van der Waals surface area contributed by atoms with Gasteiger partial charge < -0.3 is 4.74 Å². The summed E-state index contributed by atoms with van der Waals surface area (Å²) in [6.07, 6.45) is 0. The Labute approximate surface area is 103 Å². The molecule has 0 atom stereocenters. The van der Waals surface area contributed by atoms with Crippen LogP contribution in [0.1, 0.15) is 17.3 Å². The third-order valence-corrected chi connectivity index (χ3v) is 4.02. The van der Waals surface area contributed by atoms with Crippen LogP contribution in [0.25, 0.3) is 0 Å². The van der Waals surface area contributed by atoms with Gasteiger partial charge in [0.15, 0.2) is 0 Å². The number of carbonyl (C=O) groups excluding carboxylic acids is 1. The maximum atomic E-state index is 13.0. The molecule has 0 saturated carbocycles. The third kappa shape index (κ3) is 2.66. The molecule has 76 valence electrons. The minimum absolute atomic E-state index is 0.249. The van der Waals surface area contributed by atoms with Gasteiger partial charge in [-0.15, -0.1) is 0 Å². The zero-order chi connectivity index (χ0) is 10.7. The molecule has 2 nitrogen and oxygen atoms in total. The average molecular weight is 373 g/mol. The first-order valence-corrected chi connectivity index (χ1v) is 5.75. The molecule has 0 fully saturated rings. The third-order valence-electron chi connectivity index (χ3n) is 1.49. The molecular weight excluding hydrogens is 366 g/mol. The summed E-state index contributed by atoms with van der Waals surface area (Å²) < 4.78 is 19.0. The lowest BCUT2D eigenvalue weighted by molar-refractivity contribution is 0.0524. The highest BCUT2D eigenvalue weighted by atomic mass is 127. The van der Waals surface area contributed by atoms with Gasteiger partial charge in [-0.2, -0.15) is 0 Å². The van der Waals surface area contributed by atoms with Crippen LogP contribution in [-0.4, -0.2) is 12.6 Å². The van der Waals surface area contributed by atoms with E-state index in [1.165, 1.54) is 12.1 Å². The Morgan fingerprint density at radius 3 is 2.86 bits per heavy atom. The Morgan fingerprint density at radius 2 is 2.29 bits per heavy atom. The lowest BCUT2D eigenvalue weighted by Crippen LogP contribution is -2.07. The molecule has 0 aromatic heterocycles. The minimum Gasteiger partial charge on any atom is -0.462 e. The van der Waals surface area contributed by atoms with Crippen LogP contribution in [0.15, 0.2) is 16.6 Å². The van der Waals surface area contributed by atoms with Crippen LogP contribution in [0.2, 0.25) is 0 Å². The van der Waals surface area contributed by atoms with E-state index in [0.29, 0.717) is 8.04 Å². The van der Waals surface area contributed by atoms with Crippen molar-refractivity contribution in [3.05, 3.63) is 31.6 Å². The molecule has 1 rings (SSSR count). The average Bonchev–Trinajstić information content (AvgIpc) is 2.11. The first-order chi connectivity index (χ1) is 6.56. The number of ether oxygens (including phenoxy) is 1. The van der Waals surface area contributed by atoms with Crippen molar-refractivity contribution in [2.45, 2.75) is 6.92 Å². The fourth-order valence-corrected chi connectivity index (χ4v) is 1.88. The molecule has 0 aliphatic carbocycles. The Morgan fingerprint density at radius 1 is 1.64 bits per heavy atom. The van der Waals surface area contributed by atoms with Gasteiger partial charge in [-0.05, 0) is 57.6 Å². The second kappa shape index (κ2) is 5.06. The SMILES string of the molecule is CCOC(=O)c1cc(F)cc(Br)c1I. The van der Waals surface area contributed by atoms with Gasteiger partial charge in [0.05, 0.1) is 12.2 Å². The monoisotopic (exact) mass is 372 g/mol. The molecule has 0 N–H and O–H groups in total. The van der Waals surface area contributed by atoms with Gasteiger partial charge in [0.1, 0.15) is 5.82 Å². The predicted molar refractivity (Wildman–Crippen MR) is 62.8 cm³/mol. The summed E-state index contributed by atoms with van der Waals surface area (Å²) in [5, 5.41) is 0. The van der Waals surface area contributed by atoms with Gasteiger partial charge in [-0.1, -0.05) is 0 Å². The van der Waals surface area contributed by atoms with Crippen LogP contribution in [0, 0.1) is 9.39 Å². The van der Waals surface area contributed by atoms with Gasteiger partial charge in [-0.3, -0.25) is 0 Å². The molecule has 0 bridgehead atoms. The van der Waals surface area contributed by atoms with E-state index < -0.39 is 11.8 Å². The lowest BCUT2D eigenvalue weighted by atomic mass is 10.2. The molecule has 0 unspecified atom stereocenters. The normalized spacial score (nSPS) is 10.0. The molecule has 1 aromatic carbocycles. The molecule has 0 amide bonds. The Bertz CT molecular complexity index is 368.